The van der Waals surface area contributed by atoms with Gasteiger partial charge in [-0.1, -0.05) is 6.07 Å². The molecule has 0 saturated carbocycles. The van der Waals surface area contributed by atoms with Crippen molar-refractivity contribution in [1.82, 2.24) is 19.9 Å². The normalized spacial score (nSPS) is 23.5. The third-order valence-electron chi connectivity index (χ3n) is 5.26. The lowest BCUT2D eigenvalue weighted by Gasteiger charge is -2.56. The van der Waals surface area contributed by atoms with Gasteiger partial charge in [-0.15, -0.1) is 0 Å². The standard InChI is InChI=1S/C18H18BrN5/c19-17-7-22-18(8-21-17)23-10-14-6-15(11-23)24(14)9-12-1-2-16-13(5-12)3-4-20-16/h1-5,7-8,14-15,20H,6,9-11H2. The Morgan fingerprint density at radius 3 is 2.79 bits per heavy atom. The summed E-state index contributed by atoms with van der Waals surface area (Å²) in [5.41, 5.74) is 2.61. The van der Waals surface area contributed by atoms with Crippen LogP contribution in [0.2, 0.25) is 0 Å². The number of hydrogen-bond donors (Lipinski definition) is 1. The van der Waals surface area contributed by atoms with E-state index in [2.05, 4.69) is 64.9 Å². The number of rotatable bonds is 3. The fraction of sp³-hybridized carbons (Fsp3) is 0.333. The van der Waals surface area contributed by atoms with Crippen LogP contribution in [0.15, 0.2) is 47.5 Å². The third-order valence-corrected chi connectivity index (χ3v) is 5.67. The number of H-pyrrole nitrogens is 1. The topological polar surface area (TPSA) is 48.1 Å². The van der Waals surface area contributed by atoms with Gasteiger partial charge in [0, 0.05) is 43.4 Å². The van der Waals surface area contributed by atoms with Crippen LogP contribution in [0.4, 0.5) is 5.82 Å². The van der Waals surface area contributed by atoms with Crippen molar-refractivity contribution in [1.29, 1.82) is 0 Å². The smallest absolute Gasteiger partial charge is 0.147 e. The number of hydrogen-bond acceptors (Lipinski definition) is 4. The molecule has 1 aromatic carbocycles. The lowest BCUT2D eigenvalue weighted by atomic mass is 9.86. The minimum atomic E-state index is 0.621. The van der Waals surface area contributed by atoms with Gasteiger partial charge in [0.05, 0.1) is 12.4 Å². The van der Waals surface area contributed by atoms with Crippen molar-refractivity contribution < 1.29 is 0 Å². The van der Waals surface area contributed by atoms with E-state index in [4.69, 9.17) is 0 Å². The summed E-state index contributed by atoms with van der Waals surface area (Å²) in [6, 6.07) is 10.1. The second kappa shape index (κ2) is 5.57. The molecule has 122 valence electrons. The molecular weight excluding hydrogens is 366 g/mol. The predicted molar refractivity (Wildman–Crippen MR) is 98.0 cm³/mol. The number of aromatic nitrogens is 3. The molecule has 2 atom stereocenters. The van der Waals surface area contributed by atoms with Crippen molar-refractivity contribution in [3.63, 3.8) is 0 Å². The van der Waals surface area contributed by atoms with Gasteiger partial charge >= 0.3 is 0 Å². The van der Waals surface area contributed by atoms with Crippen LogP contribution < -0.4 is 4.90 Å². The predicted octanol–water partition coefficient (Wildman–Crippen LogP) is 3.18. The molecular formula is C18H18BrN5. The third kappa shape index (κ3) is 2.41. The summed E-state index contributed by atoms with van der Waals surface area (Å²) < 4.78 is 0.787. The minimum absolute atomic E-state index is 0.621. The zero-order valence-corrected chi connectivity index (χ0v) is 14.8. The molecule has 3 saturated heterocycles. The van der Waals surface area contributed by atoms with E-state index in [9.17, 15) is 0 Å². The summed E-state index contributed by atoms with van der Waals surface area (Å²) in [5.74, 6) is 0.987. The van der Waals surface area contributed by atoms with Crippen molar-refractivity contribution in [3.8, 4) is 0 Å². The van der Waals surface area contributed by atoms with Gasteiger partial charge in [-0.3, -0.25) is 4.90 Å². The molecule has 1 N–H and O–H groups in total. The van der Waals surface area contributed by atoms with E-state index in [1.165, 1.54) is 22.9 Å². The maximum absolute atomic E-state index is 4.49. The molecule has 6 heteroatoms. The van der Waals surface area contributed by atoms with E-state index in [0.717, 1.165) is 30.1 Å². The number of piperidine rings is 1. The molecule has 0 spiro atoms. The number of aromatic amines is 1. The van der Waals surface area contributed by atoms with E-state index >= 15 is 0 Å². The molecule has 2 unspecified atom stereocenters. The zero-order valence-electron chi connectivity index (χ0n) is 13.2. The molecule has 5 nitrogen and oxygen atoms in total. The second-order valence-electron chi connectivity index (χ2n) is 6.72. The van der Waals surface area contributed by atoms with E-state index < -0.39 is 0 Å². The Hall–Kier alpha value is -1.92. The van der Waals surface area contributed by atoms with Crippen LogP contribution in [0.5, 0.6) is 0 Å². The first kappa shape index (κ1) is 14.4. The number of fused-ring (bicyclic) bond motifs is 3. The van der Waals surface area contributed by atoms with Gasteiger partial charge in [-0.25, -0.2) is 9.97 Å². The van der Waals surface area contributed by atoms with Gasteiger partial charge in [-0.05, 0) is 51.5 Å². The van der Waals surface area contributed by atoms with Gasteiger partial charge in [0.2, 0.25) is 0 Å². The van der Waals surface area contributed by atoms with Crippen LogP contribution in [-0.2, 0) is 6.54 Å². The average molecular weight is 384 g/mol. The molecule has 24 heavy (non-hydrogen) atoms. The van der Waals surface area contributed by atoms with Crippen LogP contribution >= 0.6 is 15.9 Å². The number of anilines is 1. The lowest BCUT2D eigenvalue weighted by Crippen LogP contribution is -2.68. The number of benzene rings is 1. The molecule has 0 amide bonds. The Kier molecular flexibility index (Phi) is 3.35. The molecule has 0 aliphatic carbocycles. The average Bonchev–Trinajstić information content (AvgIpc) is 3.08. The highest BCUT2D eigenvalue weighted by molar-refractivity contribution is 9.10. The molecule has 2 aromatic heterocycles. The highest BCUT2D eigenvalue weighted by atomic mass is 79.9. The number of halogens is 1. The van der Waals surface area contributed by atoms with Crippen molar-refractivity contribution >= 4 is 32.7 Å². The van der Waals surface area contributed by atoms with Gasteiger partial charge in [0.25, 0.3) is 0 Å². The van der Waals surface area contributed by atoms with E-state index in [-0.39, 0.29) is 0 Å². The van der Waals surface area contributed by atoms with Crippen LogP contribution in [0.1, 0.15) is 12.0 Å². The van der Waals surface area contributed by atoms with Crippen LogP contribution in [0, 0.1) is 0 Å². The van der Waals surface area contributed by atoms with E-state index in [1.807, 2.05) is 12.4 Å². The molecule has 3 aliphatic rings. The van der Waals surface area contributed by atoms with Crippen molar-refractivity contribution in [2.75, 3.05) is 18.0 Å². The highest BCUT2D eigenvalue weighted by Crippen LogP contribution is 2.35. The van der Waals surface area contributed by atoms with Crippen molar-refractivity contribution in [2.24, 2.45) is 0 Å². The van der Waals surface area contributed by atoms with Gasteiger partial charge < -0.3 is 9.88 Å². The molecule has 3 aromatic rings. The Morgan fingerprint density at radius 1 is 1.12 bits per heavy atom. The summed E-state index contributed by atoms with van der Waals surface area (Å²) >= 11 is 3.35. The lowest BCUT2D eigenvalue weighted by molar-refractivity contribution is -0.00867. The Labute approximate surface area is 148 Å². The van der Waals surface area contributed by atoms with Crippen LogP contribution in [0.3, 0.4) is 0 Å². The summed E-state index contributed by atoms with van der Waals surface area (Å²) in [7, 11) is 0. The largest absolute Gasteiger partial charge is 0.361 e. The number of piperazine rings is 1. The monoisotopic (exact) mass is 383 g/mol. The Balaban J connectivity index is 1.29. The first-order valence-corrected chi connectivity index (χ1v) is 9.10. The van der Waals surface area contributed by atoms with E-state index in [1.54, 1.807) is 6.20 Å². The van der Waals surface area contributed by atoms with Gasteiger partial charge in [0.1, 0.15) is 10.4 Å². The Bertz CT molecular complexity index is 863. The maximum Gasteiger partial charge on any atom is 0.147 e. The minimum Gasteiger partial charge on any atom is -0.361 e. The summed E-state index contributed by atoms with van der Waals surface area (Å²) in [6.45, 7) is 3.12. The Morgan fingerprint density at radius 2 is 2.00 bits per heavy atom. The molecule has 0 radical (unpaired) electrons. The fourth-order valence-electron chi connectivity index (χ4n) is 4.01. The number of nitrogens with zero attached hydrogens (tertiary/aromatic N) is 4. The first-order valence-electron chi connectivity index (χ1n) is 8.30. The highest BCUT2D eigenvalue weighted by Gasteiger charge is 2.44. The van der Waals surface area contributed by atoms with Crippen LogP contribution in [-0.4, -0.2) is 45.0 Å². The quantitative estimate of drug-likeness (QED) is 0.754. The molecule has 2 bridgehead atoms. The summed E-state index contributed by atoms with van der Waals surface area (Å²) in [6.07, 6.45) is 6.94. The summed E-state index contributed by atoms with van der Waals surface area (Å²) in [4.78, 5) is 17.0. The zero-order chi connectivity index (χ0) is 16.1. The fourth-order valence-corrected chi connectivity index (χ4v) is 4.22. The van der Waals surface area contributed by atoms with Crippen LogP contribution in [0.25, 0.3) is 10.9 Å². The first-order chi connectivity index (χ1) is 11.8. The summed E-state index contributed by atoms with van der Waals surface area (Å²) in [5, 5.41) is 1.30. The van der Waals surface area contributed by atoms with E-state index in [0.29, 0.717) is 12.1 Å². The van der Waals surface area contributed by atoms with Gasteiger partial charge in [0.15, 0.2) is 0 Å². The maximum atomic E-state index is 4.49. The van der Waals surface area contributed by atoms with Gasteiger partial charge in [-0.2, -0.15) is 0 Å². The van der Waals surface area contributed by atoms with Crippen molar-refractivity contribution in [3.05, 3.63) is 53.0 Å². The molecule has 3 aliphatic heterocycles. The number of nitrogens with one attached hydrogen (secondary N) is 1. The molecule has 3 fully saturated rings. The second-order valence-corrected chi connectivity index (χ2v) is 7.53. The SMILES string of the molecule is Brc1cnc(N2CC3CC(C2)N3Cc2ccc3[nH]ccc3c2)cn1. The molecule has 6 rings (SSSR count). The molecule has 5 heterocycles. The van der Waals surface area contributed by atoms with Crippen molar-refractivity contribution in [2.45, 2.75) is 25.0 Å².